The number of benzene rings is 2. The molecule has 1 saturated heterocycles. The van der Waals surface area contributed by atoms with E-state index in [1.807, 2.05) is 42.5 Å². The zero-order valence-corrected chi connectivity index (χ0v) is 16.6. The lowest BCUT2D eigenvalue weighted by Gasteiger charge is -2.22. The first-order chi connectivity index (χ1) is 14.3. The molecule has 0 spiro atoms. The van der Waals surface area contributed by atoms with Crippen molar-refractivity contribution in [3.8, 4) is 5.75 Å². The SMILES string of the molecule is O=C(NC[C@H]1Cc2ccccc2O1)Nc1cccc(COC[C@@H]2CCCCO2)c1. The molecular formula is C23H28N2O4. The Morgan fingerprint density at radius 3 is 2.90 bits per heavy atom. The maximum Gasteiger partial charge on any atom is 0.319 e. The quantitative estimate of drug-likeness (QED) is 0.745. The van der Waals surface area contributed by atoms with Crippen LogP contribution in [0.15, 0.2) is 48.5 Å². The van der Waals surface area contributed by atoms with Gasteiger partial charge < -0.3 is 24.8 Å². The number of hydrogen-bond acceptors (Lipinski definition) is 4. The summed E-state index contributed by atoms with van der Waals surface area (Å²) in [5.41, 5.74) is 2.95. The smallest absolute Gasteiger partial charge is 0.319 e. The molecule has 2 heterocycles. The fourth-order valence-corrected chi connectivity index (χ4v) is 3.74. The summed E-state index contributed by atoms with van der Waals surface area (Å²) < 4.78 is 17.3. The number of para-hydroxylation sites is 1. The number of urea groups is 1. The number of rotatable bonds is 7. The summed E-state index contributed by atoms with van der Waals surface area (Å²) in [6, 6.07) is 15.5. The van der Waals surface area contributed by atoms with Crippen molar-refractivity contribution in [2.75, 3.05) is 25.1 Å². The molecule has 4 rings (SSSR count). The third-order valence-electron chi connectivity index (χ3n) is 5.24. The molecule has 6 nitrogen and oxygen atoms in total. The van der Waals surface area contributed by atoms with Gasteiger partial charge in [-0.05, 0) is 48.6 Å². The van der Waals surface area contributed by atoms with Gasteiger partial charge in [0.05, 0.1) is 25.9 Å². The van der Waals surface area contributed by atoms with Crippen LogP contribution in [0.1, 0.15) is 30.4 Å². The van der Waals surface area contributed by atoms with E-state index in [9.17, 15) is 4.79 Å². The lowest BCUT2D eigenvalue weighted by molar-refractivity contribution is -0.0447. The zero-order chi connectivity index (χ0) is 19.9. The first-order valence-electron chi connectivity index (χ1n) is 10.3. The molecule has 2 amide bonds. The molecule has 0 saturated carbocycles. The molecule has 29 heavy (non-hydrogen) atoms. The highest BCUT2D eigenvalue weighted by molar-refractivity contribution is 5.89. The van der Waals surface area contributed by atoms with Crippen LogP contribution in [0.25, 0.3) is 0 Å². The second-order valence-electron chi connectivity index (χ2n) is 7.59. The van der Waals surface area contributed by atoms with Gasteiger partial charge >= 0.3 is 6.03 Å². The highest BCUT2D eigenvalue weighted by atomic mass is 16.5. The van der Waals surface area contributed by atoms with Crippen molar-refractivity contribution in [1.82, 2.24) is 5.32 Å². The van der Waals surface area contributed by atoms with Gasteiger partial charge in [-0.3, -0.25) is 0 Å². The summed E-state index contributed by atoms with van der Waals surface area (Å²) >= 11 is 0. The standard InChI is InChI=1S/C23H28N2O4/c26-23(24-14-21-13-18-7-1-2-10-22(18)29-21)25-19-8-5-6-17(12-19)15-27-16-20-9-3-4-11-28-20/h1-2,5-8,10,12,20-21H,3-4,9,11,13-16H2,(H2,24,25,26)/t20-,21+/m0/s1. The molecule has 1 fully saturated rings. The van der Waals surface area contributed by atoms with Crippen molar-refractivity contribution in [2.45, 2.75) is 44.5 Å². The molecular weight excluding hydrogens is 368 g/mol. The first-order valence-corrected chi connectivity index (χ1v) is 10.3. The van der Waals surface area contributed by atoms with E-state index in [1.165, 1.54) is 12.0 Å². The number of amides is 2. The van der Waals surface area contributed by atoms with E-state index in [0.29, 0.717) is 19.8 Å². The molecule has 6 heteroatoms. The third-order valence-corrected chi connectivity index (χ3v) is 5.24. The molecule has 0 radical (unpaired) electrons. The predicted molar refractivity (Wildman–Crippen MR) is 111 cm³/mol. The number of ether oxygens (including phenoxy) is 3. The molecule has 0 bridgehead atoms. The van der Waals surface area contributed by atoms with Gasteiger partial charge in [0, 0.05) is 18.7 Å². The summed E-state index contributed by atoms with van der Waals surface area (Å²) in [6.07, 6.45) is 4.41. The van der Waals surface area contributed by atoms with Crippen LogP contribution in [0, 0.1) is 0 Å². The Morgan fingerprint density at radius 1 is 1.10 bits per heavy atom. The van der Waals surface area contributed by atoms with Crippen molar-refractivity contribution >= 4 is 11.7 Å². The molecule has 2 aliphatic rings. The number of carbonyl (C=O) groups is 1. The van der Waals surface area contributed by atoms with E-state index < -0.39 is 0 Å². The molecule has 2 aromatic carbocycles. The van der Waals surface area contributed by atoms with Gasteiger partial charge in [0.25, 0.3) is 0 Å². The molecule has 2 aliphatic heterocycles. The van der Waals surface area contributed by atoms with E-state index in [-0.39, 0.29) is 18.2 Å². The topological polar surface area (TPSA) is 68.8 Å². The van der Waals surface area contributed by atoms with Crippen molar-refractivity contribution in [1.29, 1.82) is 0 Å². The lowest BCUT2D eigenvalue weighted by Crippen LogP contribution is -2.37. The minimum Gasteiger partial charge on any atom is -0.488 e. The van der Waals surface area contributed by atoms with Crippen molar-refractivity contribution in [2.24, 2.45) is 0 Å². The number of anilines is 1. The number of fused-ring (bicyclic) bond motifs is 1. The second-order valence-corrected chi connectivity index (χ2v) is 7.59. The summed E-state index contributed by atoms with van der Waals surface area (Å²) in [4.78, 5) is 12.2. The van der Waals surface area contributed by atoms with E-state index in [2.05, 4.69) is 16.7 Å². The monoisotopic (exact) mass is 396 g/mol. The summed E-state index contributed by atoms with van der Waals surface area (Å²) in [5.74, 6) is 0.908. The summed E-state index contributed by atoms with van der Waals surface area (Å²) in [7, 11) is 0. The largest absolute Gasteiger partial charge is 0.488 e. The molecule has 2 N–H and O–H groups in total. The third kappa shape index (κ3) is 5.71. The molecule has 2 aromatic rings. The Bertz CT molecular complexity index is 795. The van der Waals surface area contributed by atoms with E-state index in [0.717, 1.165) is 42.9 Å². The second kappa shape index (κ2) is 9.76. The highest BCUT2D eigenvalue weighted by Gasteiger charge is 2.22. The minimum absolute atomic E-state index is 0.0279. The summed E-state index contributed by atoms with van der Waals surface area (Å²) in [6.45, 7) is 2.42. The molecule has 0 unspecified atom stereocenters. The van der Waals surface area contributed by atoms with E-state index in [4.69, 9.17) is 14.2 Å². The maximum absolute atomic E-state index is 12.2. The Kier molecular flexibility index (Phi) is 6.64. The van der Waals surface area contributed by atoms with Crippen LogP contribution < -0.4 is 15.4 Å². The average Bonchev–Trinajstić information content (AvgIpc) is 3.16. The van der Waals surface area contributed by atoms with Crippen LogP contribution in [0.4, 0.5) is 10.5 Å². The van der Waals surface area contributed by atoms with Crippen LogP contribution >= 0.6 is 0 Å². The maximum atomic E-state index is 12.2. The number of nitrogens with one attached hydrogen (secondary N) is 2. The first kappa shape index (κ1) is 19.7. The molecule has 0 aromatic heterocycles. The van der Waals surface area contributed by atoms with Gasteiger partial charge in [0.1, 0.15) is 11.9 Å². The van der Waals surface area contributed by atoms with Crippen molar-refractivity contribution in [3.63, 3.8) is 0 Å². The number of carbonyl (C=O) groups excluding carboxylic acids is 1. The minimum atomic E-state index is -0.238. The predicted octanol–water partition coefficient (Wildman–Crippen LogP) is 3.90. The highest BCUT2D eigenvalue weighted by Crippen LogP contribution is 2.27. The van der Waals surface area contributed by atoms with Gasteiger partial charge in [-0.25, -0.2) is 4.79 Å². The zero-order valence-electron chi connectivity index (χ0n) is 16.6. The lowest BCUT2D eigenvalue weighted by atomic mass is 10.1. The Labute approximate surface area is 171 Å². The Morgan fingerprint density at radius 2 is 2.03 bits per heavy atom. The van der Waals surface area contributed by atoms with Crippen LogP contribution in [0.2, 0.25) is 0 Å². The van der Waals surface area contributed by atoms with Crippen LogP contribution in [-0.2, 0) is 22.5 Å². The van der Waals surface area contributed by atoms with Gasteiger partial charge in [-0.15, -0.1) is 0 Å². The van der Waals surface area contributed by atoms with E-state index >= 15 is 0 Å². The Hall–Kier alpha value is -2.57. The van der Waals surface area contributed by atoms with Crippen molar-refractivity contribution < 1.29 is 19.0 Å². The van der Waals surface area contributed by atoms with Crippen LogP contribution in [0.3, 0.4) is 0 Å². The van der Waals surface area contributed by atoms with Crippen LogP contribution in [-0.4, -0.2) is 38.0 Å². The summed E-state index contributed by atoms with van der Waals surface area (Å²) in [5, 5.41) is 5.77. The van der Waals surface area contributed by atoms with Gasteiger partial charge in [0.15, 0.2) is 0 Å². The normalized spacial score (nSPS) is 20.6. The number of hydrogen-bond donors (Lipinski definition) is 2. The van der Waals surface area contributed by atoms with Gasteiger partial charge in [-0.1, -0.05) is 30.3 Å². The van der Waals surface area contributed by atoms with Gasteiger partial charge in [0.2, 0.25) is 0 Å². The molecule has 154 valence electrons. The molecule has 2 atom stereocenters. The fraction of sp³-hybridized carbons (Fsp3) is 0.435. The van der Waals surface area contributed by atoms with Crippen LogP contribution in [0.5, 0.6) is 5.75 Å². The Balaban J connectivity index is 1.19. The van der Waals surface area contributed by atoms with E-state index in [1.54, 1.807) is 0 Å². The van der Waals surface area contributed by atoms with Crippen molar-refractivity contribution in [3.05, 3.63) is 59.7 Å². The van der Waals surface area contributed by atoms with Gasteiger partial charge in [-0.2, -0.15) is 0 Å². The molecule has 0 aliphatic carbocycles. The average molecular weight is 396 g/mol. The fourth-order valence-electron chi connectivity index (χ4n) is 3.74.